The Bertz CT molecular complexity index is 610. The molecule has 0 saturated heterocycles. The van der Waals surface area contributed by atoms with Crippen LogP contribution >= 0.6 is 0 Å². The van der Waals surface area contributed by atoms with E-state index < -0.39 is 5.97 Å². The highest BCUT2D eigenvalue weighted by molar-refractivity contribution is 5.88. The van der Waals surface area contributed by atoms with Crippen LogP contribution in [0.4, 0.5) is 0 Å². The molecule has 0 aliphatic carbocycles. The molecule has 19 heavy (non-hydrogen) atoms. The number of pyridine rings is 1. The van der Waals surface area contributed by atoms with E-state index in [9.17, 15) is 4.79 Å². The Morgan fingerprint density at radius 2 is 2.05 bits per heavy atom. The van der Waals surface area contributed by atoms with Gasteiger partial charge in [0.15, 0.2) is 5.75 Å². The molecular formula is C14H13NO4. The van der Waals surface area contributed by atoms with Crippen LogP contribution < -0.4 is 9.47 Å². The topological polar surface area (TPSA) is 68.7 Å². The van der Waals surface area contributed by atoms with Crippen molar-refractivity contribution in [3.63, 3.8) is 0 Å². The lowest BCUT2D eigenvalue weighted by Gasteiger charge is -2.11. The van der Waals surface area contributed by atoms with Crippen LogP contribution in [0.5, 0.6) is 17.4 Å². The van der Waals surface area contributed by atoms with Gasteiger partial charge in [-0.25, -0.2) is 9.78 Å². The summed E-state index contributed by atoms with van der Waals surface area (Å²) in [6.45, 7) is 1.77. The van der Waals surface area contributed by atoms with Crippen molar-refractivity contribution >= 4 is 5.97 Å². The van der Waals surface area contributed by atoms with Crippen molar-refractivity contribution in [2.75, 3.05) is 7.11 Å². The molecule has 0 unspecified atom stereocenters. The van der Waals surface area contributed by atoms with Gasteiger partial charge < -0.3 is 14.6 Å². The molecule has 98 valence electrons. The molecule has 2 aromatic rings. The van der Waals surface area contributed by atoms with Crippen molar-refractivity contribution < 1.29 is 19.4 Å². The average Bonchev–Trinajstić information content (AvgIpc) is 2.41. The van der Waals surface area contributed by atoms with Gasteiger partial charge in [0.05, 0.1) is 12.7 Å². The minimum absolute atomic E-state index is 0.220. The standard InChI is InChI=1S/C14H13NO4/c1-9-8-10(14(16)17)5-6-11(9)19-13-12(18-2)4-3-7-15-13/h3-8H,1-2H3,(H,16,17). The second-order valence-corrected chi connectivity index (χ2v) is 3.90. The Balaban J connectivity index is 2.31. The number of nitrogens with zero attached hydrogens (tertiary/aromatic N) is 1. The number of hydrogen-bond acceptors (Lipinski definition) is 4. The molecule has 1 aromatic heterocycles. The Hall–Kier alpha value is -2.56. The van der Waals surface area contributed by atoms with Crippen molar-refractivity contribution in [3.05, 3.63) is 47.7 Å². The third-order valence-electron chi connectivity index (χ3n) is 2.58. The average molecular weight is 259 g/mol. The Labute approximate surface area is 110 Å². The number of hydrogen-bond donors (Lipinski definition) is 1. The van der Waals surface area contributed by atoms with Crippen molar-refractivity contribution in [3.8, 4) is 17.4 Å². The lowest BCUT2D eigenvalue weighted by atomic mass is 10.1. The predicted molar refractivity (Wildman–Crippen MR) is 69.0 cm³/mol. The molecule has 0 aliphatic rings. The van der Waals surface area contributed by atoms with Gasteiger partial charge in [-0.1, -0.05) is 0 Å². The van der Waals surface area contributed by atoms with E-state index in [0.717, 1.165) is 0 Å². The normalized spacial score (nSPS) is 10.0. The summed E-state index contributed by atoms with van der Waals surface area (Å²) < 4.78 is 10.8. The van der Waals surface area contributed by atoms with Crippen LogP contribution in [0.3, 0.4) is 0 Å². The predicted octanol–water partition coefficient (Wildman–Crippen LogP) is 2.89. The van der Waals surface area contributed by atoms with Gasteiger partial charge in [-0.2, -0.15) is 0 Å². The summed E-state index contributed by atoms with van der Waals surface area (Å²) in [6.07, 6.45) is 1.60. The number of aromatic nitrogens is 1. The fourth-order valence-electron chi connectivity index (χ4n) is 1.61. The summed E-state index contributed by atoms with van der Waals surface area (Å²) in [7, 11) is 1.53. The molecule has 0 amide bonds. The van der Waals surface area contributed by atoms with E-state index in [1.54, 1.807) is 37.4 Å². The highest BCUT2D eigenvalue weighted by atomic mass is 16.5. The maximum atomic E-state index is 10.9. The van der Waals surface area contributed by atoms with Crippen LogP contribution in [-0.2, 0) is 0 Å². The van der Waals surface area contributed by atoms with Crippen LogP contribution in [0.2, 0.25) is 0 Å². The van der Waals surface area contributed by atoms with Gasteiger partial charge in [0.1, 0.15) is 5.75 Å². The van der Waals surface area contributed by atoms with Gasteiger partial charge in [-0.05, 0) is 42.8 Å². The highest BCUT2D eigenvalue weighted by Gasteiger charge is 2.10. The minimum atomic E-state index is -0.968. The number of benzene rings is 1. The number of aromatic carboxylic acids is 1. The number of carboxylic acid groups (broad SMARTS) is 1. The van der Waals surface area contributed by atoms with E-state index in [1.807, 2.05) is 0 Å². The molecule has 5 nitrogen and oxygen atoms in total. The van der Waals surface area contributed by atoms with E-state index in [-0.39, 0.29) is 5.56 Å². The smallest absolute Gasteiger partial charge is 0.335 e. The zero-order valence-corrected chi connectivity index (χ0v) is 10.6. The maximum Gasteiger partial charge on any atom is 0.335 e. The van der Waals surface area contributed by atoms with E-state index in [4.69, 9.17) is 14.6 Å². The SMILES string of the molecule is COc1cccnc1Oc1ccc(C(=O)O)cc1C. The molecule has 0 bridgehead atoms. The summed E-state index contributed by atoms with van der Waals surface area (Å²) in [5.41, 5.74) is 0.936. The second-order valence-electron chi connectivity index (χ2n) is 3.90. The third-order valence-corrected chi connectivity index (χ3v) is 2.58. The molecule has 1 N–H and O–H groups in total. The largest absolute Gasteiger partial charge is 0.491 e. The molecule has 1 aromatic carbocycles. The van der Waals surface area contributed by atoms with Crippen LogP contribution in [0.1, 0.15) is 15.9 Å². The van der Waals surface area contributed by atoms with Gasteiger partial charge in [0.2, 0.25) is 0 Å². The zero-order chi connectivity index (χ0) is 13.8. The third kappa shape index (κ3) is 2.82. The zero-order valence-electron chi connectivity index (χ0n) is 10.6. The number of carboxylic acids is 1. The Morgan fingerprint density at radius 3 is 2.68 bits per heavy atom. The van der Waals surface area contributed by atoms with Crippen molar-refractivity contribution in [2.45, 2.75) is 6.92 Å². The quantitative estimate of drug-likeness (QED) is 0.914. The lowest BCUT2D eigenvalue weighted by Crippen LogP contribution is -1.98. The van der Waals surface area contributed by atoms with E-state index >= 15 is 0 Å². The number of aryl methyl sites for hydroxylation is 1. The van der Waals surface area contributed by atoms with Crippen molar-refractivity contribution in [1.29, 1.82) is 0 Å². The first-order valence-corrected chi connectivity index (χ1v) is 5.62. The van der Waals surface area contributed by atoms with Crippen LogP contribution in [0, 0.1) is 6.92 Å². The Kier molecular flexibility index (Phi) is 3.66. The first kappa shape index (κ1) is 12.9. The molecule has 2 rings (SSSR count). The molecule has 5 heteroatoms. The Morgan fingerprint density at radius 1 is 1.26 bits per heavy atom. The molecule has 0 fully saturated rings. The van der Waals surface area contributed by atoms with Crippen LogP contribution in [0.25, 0.3) is 0 Å². The van der Waals surface area contributed by atoms with E-state index in [1.165, 1.54) is 13.2 Å². The summed E-state index contributed by atoms with van der Waals surface area (Å²) in [5, 5.41) is 8.90. The maximum absolute atomic E-state index is 10.9. The first-order valence-electron chi connectivity index (χ1n) is 5.62. The fraction of sp³-hybridized carbons (Fsp3) is 0.143. The van der Waals surface area contributed by atoms with Crippen LogP contribution in [-0.4, -0.2) is 23.2 Å². The molecule has 0 atom stereocenters. The summed E-state index contributed by atoms with van der Waals surface area (Å²) in [6, 6.07) is 8.12. The number of ether oxygens (including phenoxy) is 2. The summed E-state index contributed by atoms with van der Waals surface area (Å²) in [5.74, 6) is 0.437. The van der Waals surface area contributed by atoms with E-state index in [0.29, 0.717) is 22.9 Å². The fourth-order valence-corrected chi connectivity index (χ4v) is 1.61. The summed E-state index contributed by atoms with van der Waals surface area (Å²) in [4.78, 5) is 14.9. The molecule has 1 heterocycles. The van der Waals surface area contributed by atoms with Crippen LogP contribution in [0.15, 0.2) is 36.5 Å². The lowest BCUT2D eigenvalue weighted by molar-refractivity contribution is 0.0697. The van der Waals surface area contributed by atoms with E-state index in [2.05, 4.69) is 4.98 Å². The first-order chi connectivity index (χ1) is 9.11. The monoisotopic (exact) mass is 259 g/mol. The second kappa shape index (κ2) is 5.39. The van der Waals surface area contributed by atoms with Gasteiger partial charge >= 0.3 is 5.97 Å². The molecule has 0 aliphatic heterocycles. The number of carbonyl (C=O) groups is 1. The molecule has 0 saturated carbocycles. The number of rotatable bonds is 4. The van der Waals surface area contributed by atoms with Gasteiger partial charge in [0, 0.05) is 6.20 Å². The van der Waals surface area contributed by atoms with Gasteiger partial charge in [0.25, 0.3) is 5.88 Å². The highest BCUT2D eigenvalue weighted by Crippen LogP contribution is 2.30. The van der Waals surface area contributed by atoms with Crippen molar-refractivity contribution in [2.24, 2.45) is 0 Å². The minimum Gasteiger partial charge on any atom is -0.491 e. The summed E-state index contributed by atoms with van der Waals surface area (Å²) >= 11 is 0. The van der Waals surface area contributed by atoms with Gasteiger partial charge in [-0.3, -0.25) is 0 Å². The number of methoxy groups -OCH3 is 1. The molecule has 0 radical (unpaired) electrons. The molecular weight excluding hydrogens is 246 g/mol. The van der Waals surface area contributed by atoms with Gasteiger partial charge in [-0.15, -0.1) is 0 Å². The van der Waals surface area contributed by atoms with Crippen molar-refractivity contribution in [1.82, 2.24) is 4.98 Å². The molecule has 0 spiro atoms.